The molecular formula is C10H21NO3S. The first-order chi connectivity index (χ1) is 6.63. The molecule has 1 aliphatic rings. The molecule has 1 amide bonds. The molecule has 1 aliphatic carbocycles. The van der Waals surface area contributed by atoms with Crippen LogP contribution in [0.25, 0.3) is 0 Å². The number of nitrogens with one attached hydrogen (secondary N) is 1. The molecule has 90 valence electrons. The van der Waals surface area contributed by atoms with E-state index in [1.54, 1.807) is 20.8 Å². The predicted molar refractivity (Wildman–Crippen MR) is 60.9 cm³/mol. The minimum absolute atomic E-state index is 0.486. The van der Waals surface area contributed by atoms with E-state index in [1.807, 2.05) is 4.72 Å². The number of amides is 1. The van der Waals surface area contributed by atoms with Gasteiger partial charge in [-0.15, -0.1) is 0 Å². The van der Waals surface area contributed by atoms with Crippen molar-refractivity contribution in [3.63, 3.8) is 0 Å². The molecule has 1 saturated carbocycles. The second kappa shape index (κ2) is 5.49. The molecule has 1 N–H and O–H groups in total. The third-order valence-electron chi connectivity index (χ3n) is 1.96. The molecule has 0 aromatic heterocycles. The Kier molecular flexibility index (Phi) is 5.28. The van der Waals surface area contributed by atoms with Crippen molar-refractivity contribution < 1.29 is 13.2 Å². The highest BCUT2D eigenvalue weighted by Crippen LogP contribution is 2.15. The molecule has 0 heterocycles. The van der Waals surface area contributed by atoms with Gasteiger partial charge in [-0.3, -0.25) is 9.52 Å². The lowest BCUT2D eigenvalue weighted by molar-refractivity contribution is -0.126. The molecule has 4 nitrogen and oxygen atoms in total. The lowest BCUT2D eigenvalue weighted by Crippen LogP contribution is -2.38. The van der Waals surface area contributed by atoms with E-state index in [1.165, 1.54) is 25.7 Å². The second-order valence-electron chi connectivity index (χ2n) is 4.87. The number of carbonyl (C=O) groups excluding carboxylic acids is 1. The Balaban J connectivity index is 0.000000401. The largest absolute Gasteiger partial charge is 0.273 e. The topological polar surface area (TPSA) is 63.2 Å². The maximum absolute atomic E-state index is 11.0. The summed E-state index contributed by atoms with van der Waals surface area (Å²) in [5.41, 5.74) is -0.664. The molecular weight excluding hydrogens is 214 g/mol. The lowest BCUT2D eigenvalue weighted by atomic mass is 9.96. The van der Waals surface area contributed by atoms with Crippen molar-refractivity contribution in [2.75, 3.05) is 6.26 Å². The molecule has 0 atom stereocenters. The lowest BCUT2D eigenvalue weighted by Gasteiger charge is -2.15. The first kappa shape index (κ1) is 14.4. The van der Waals surface area contributed by atoms with E-state index in [0.29, 0.717) is 0 Å². The molecule has 1 fully saturated rings. The average Bonchev–Trinajstić information content (AvgIpc) is 1.75. The van der Waals surface area contributed by atoms with Crippen LogP contribution in [0.1, 0.15) is 46.5 Å². The van der Waals surface area contributed by atoms with E-state index in [9.17, 15) is 13.2 Å². The van der Waals surface area contributed by atoms with Crippen LogP contribution in [-0.4, -0.2) is 20.6 Å². The molecule has 1 rings (SSSR count). The van der Waals surface area contributed by atoms with Crippen molar-refractivity contribution in [2.45, 2.75) is 46.5 Å². The summed E-state index contributed by atoms with van der Waals surface area (Å²) in [6.07, 6.45) is 6.96. The molecule has 0 spiro atoms. The fourth-order valence-corrected chi connectivity index (χ4v) is 1.21. The number of hydrogen-bond donors (Lipinski definition) is 1. The summed E-state index contributed by atoms with van der Waals surface area (Å²) in [5, 5.41) is 0. The van der Waals surface area contributed by atoms with E-state index in [4.69, 9.17) is 0 Å². The quantitative estimate of drug-likeness (QED) is 0.752. The molecule has 0 radical (unpaired) electrons. The van der Waals surface area contributed by atoms with Crippen LogP contribution in [0.3, 0.4) is 0 Å². The van der Waals surface area contributed by atoms with E-state index >= 15 is 0 Å². The zero-order valence-corrected chi connectivity index (χ0v) is 10.8. The van der Waals surface area contributed by atoms with Crippen LogP contribution in [0.2, 0.25) is 0 Å². The van der Waals surface area contributed by atoms with Crippen LogP contribution in [-0.2, 0) is 14.8 Å². The van der Waals surface area contributed by atoms with Crippen LogP contribution in [0.4, 0.5) is 0 Å². The van der Waals surface area contributed by atoms with Gasteiger partial charge in [-0.1, -0.05) is 46.5 Å². The first-order valence-electron chi connectivity index (χ1n) is 5.15. The van der Waals surface area contributed by atoms with E-state index < -0.39 is 21.3 Å². The number of sulfonamides is 1. The SMILES string of the molecule is C1CCC1.CC(C)(C)C(=O)NS(C)(=O)=O. The Morgan fingerprint density at radius 1 is 1.07 bits per heavy atom. The zero-order chi connectivity index (χ0) is 12.1. The molecule has 0 aromatic rings. The van der Waals surface area contributed by atoms with E-state index in [-0.39, 0.29) is 0 Å². The van der Waals surface area contributed by atoms with Gasteiger partial charge < -0.3 is 0 Å². The van der Waals surface area contributed by atoms with Crippen molar-refractivity contribution in [1.29, 1.82) is 0 Å². The molecule has 15 heavy (non-hydrogen) atoms. The summed E-state index contributed by atoms with van der Waals surface area (Å²) >= 11 is 0. The first-order valence-corrected chi connectivity index (χ1v) is 7.04. The van der Waals surface area contributed by atoms with Gasteiger partial charge in [0.05, 0.1) is 6.26 Å². The summed E-state index contributed by atoms with van der Waals surface area (Å²) in [6, 6.07) is 0. The average molecular weight is 235 g/mol. The van der Waals surface area contributed by atoms with Gasteiger partial charge in [0, 0.05) is 5.41 Å². The van der Waals surface area contributed by atoms with Gasteiger partial charge in [-0.2, -0.15) is 0 Å². The normalized spacial score (nSPS) is 15.7. The molecule has 5 heteroatoms. The van der Waals surface area contributed by atoms with Gasteiger partial charge >= 0.3 is 0 Å². The van der Waals surface area contributed by atoms with Crippen LogP contribution in [0.5, 0.6) is 0 Å². The van der Waals surface area contributed by atoms with Crippen molar-refractivity contribution in [1.82, 2.24) is 4.72 Å². The summed E-state index contributed by atoms with van der Waals surface area (Å²) in [4.78, 5) is 11.0. The van der Waals surface area contributed by atoms with Gasteiger partial charge in [-0.05, 0) is 0 Å². The van der Waals surface area contributed by atoms with Crippen LogP contribution >= 0.6 is 0 Å². The smallest absolute Gasteiger partial charge is 0.238 e. The van der Waals surface area contributed by atoms with E-state index in [2.05, 4.69) is 0 Å². The van der Waals surface area contributed by atoms with Gasteiger partial charge in [0.2, 0.25) is 15.9 Å². The number of rotatable bonds is 1. The third kappa shape index (κ3) is 8.42. The Morgan fingerprint density at radius 2 is 1.40 bits per heavy atom. The Labute approximate surface area is 92.5 Å². The van der Waals surface area contributed by atoms with Crippen molar-refractivity contribution in [3.8, 4) is 0 Å². The molecule has 0 unspecified atom stereocenters. The van der Waals surface area contributed by atoms with Crippen molar-refractivity contribution >= 4 is 15.9 Å². The Hall–Kier alpha value is -0.580. The van der Waals surface area contributed by atoms with Crippen LogP contribution in [0, 0.1) is 5.41 Å². The maximum atomic E-state index is 11.0. The standard InChI is InChI=1S/C6H13NO3S.C4H8/c1-6(2,3)5(8)7-11(4,9)10;1-2-4-3-1/h1-4H3,(H,7,8);1-4H2. The minimum atomic E-state index is -3.41. The van der Waals surface area contributed by atoms with Crippen LogP contribution in [0.15, 0.2) is 0 Å². The van der Waals surface area contributed by atoms with E-state index in [0.717, 1.165) is 6.26 Å². The second-order valence-corrected chi connectivity index (χ2v) is 6.62. The maximum Gasteiger partial charge on any atom is 0.238 e. The van der Waals surface area contributed by atoms with Crippen LogP contribution < -0.4 is 4.72 Å². The molecule has 0 aromatic carbocycles. The van der Waals surface area contributed by atoms with Crippen molar-refractivity contribution in [3.05, 3.63) is 0 Å². The summed E-state index contributed by atoms with van der Waals surface area (Å²) in [6.45, 7) is 4.94. The highest BCUT2D eigenvalue weighted by atomic mass is 32.2. The zero-order valence-electron chi connectivity index (χ0n) is 9.96. The number of carbonyl (C=O) groups is 1. The molecule has 0 bridgehead atoms. The molecule has 0 saturated heterocycles. The molecule has 0 aliphatic heterocycles. The number of hydrogen-bond acceptors (Lipinski definition) is 3. The highest BCUT2D eigenvalue weighted by molar-refractivity contribution is 7.89. The highest BCUT2D eigenvalue weighted by Gasteiger charge is 2.23. The van der Waals surface area contributed by atoms with Crippen molar-refractivity contribution in [2.24, 2.45) is 5.41 Å². The minimum Gasteiger partial charge on any atom is -0.273 e. The van der Waals surface area contributed by atoms with Gasteiger partial charge in [0.15, 0.2) is 0 Å². The Morgan fingerprint density at radius 3 is 1.47 bits per heavy atom. The van der Waals surface area contributed by atoms with Gasteiger partial charge in [0.1, 0.15) is 0 Å². The predicted octanol–water partition coefficient (Wildman–Crippen LogP) is 1.67. The monoisotopic (exact) mass is 235 g/mol. The van der Waals surface area contributed by atoms with Gasteiger partial charge in [-0.25, -0.2) is 8.42 Å². The fraction of sp³-hybridized carbons (Fsp3) is 0.900. The summed E-state index contributed by atoms with van der Waals surface area (Å²) in [5.74, 6) is -0.486. The summed E-state index contributed by atoms with van der Waals surface area (Å²) in [7, 11) is -3.41. The third-order valence-corrected chi connectivity index (χ3v) is 2.52. The fourth-order valence-electron chi connectivity index (χ4n) is 0.571. The van der Waals surface area contributed by atoms with Gasteiger partial charge in [0.25, 0.3) is 0 Å². The summed E-state index contributed by atoms with van der Waals surface area (Å²) < 4.78 is 23.0. The Bertz CT molecular complexity index is 293.